The zero-order valence-corrected chi connectivity index (χ0v) is 9.82. The lowest BCUT2D eigenvalue weighted by Gasteiger charge is -2.25. The molecule has 0 aromatic rings. The van der Waals surface area contributed by atoms with Crippen LogP contribution in [-0.4, -0.2) is 66.6 Å². The SMILES string of the molecule is CC(O)CN(CCNCCN)CC(C)O. The van der Waals surface area contributed by atoms with Crippen molar-refractivity contribution in [2.24, 2.45) is 5.73 Å². The molecular formula is C10H25N3O2. The molecule has 0 saturated heterocycles. The maximum absolute atomic E-state index is 9.27. The van der Waals surface area contributed by atoms with Gasteiger partial charge < -0.3 is 21.3 Å². The van der Waals surface area contributed by atoms with Crippen LogP contribution in [0.15, 0.2) is 0 Å². The van der Waals surface area contributed by atoms with Crippen molar-refractivity contribution in [3.05, 3.63) is 0 Å². The molecule has 0 amide bonds. The van der Waals surface area contributed by atoms with E-state index < -0.39 is 0 Å². The molecule has 5 nitrogen and oxygen atoms in total. The van der Waals surface area contributed by atoms with Gasteiger partial charge in [0.2, 0.25) is 0 Å². The van der Waals surface area contributed by atoms with Crippen molar-refractivity contribution >= 4 is 0 Å². The molecule has 2 atom stereocenters. The summed E-state index contributed by atoms with van der Waals surface area (Å²) in [5.74, 6) is 0. The highest BCUT2D eigenvalue weighted by molar-refractivity contribution is 4.65. The van der Waals surface area contributed by atoms with E-state index in [0.717, 1.165) is 19.6 Å². The Hall–Kier alpha value is -0.200. The van der Waals surface area contributed by atoms with Gasteiger partial charge in [-0.15, -0.1) is 0 Å². The third kappa shape index (κ3) is 10.1. The molecule has 0 bridgehead atoms. The summed E-state index contributed by atoms with van der Waals surface area (Å²) in [5.41, 5.74) is 5.35. The van der Waals surface area contributed by atoms with Crippen LogP contribution in [0, 0.1) is 0 Å². The van der Waals surface area contributed by atoms with Crippen molar-refractivity contribution in [2.75, 3.05) is 39.3 Å². The first-order valence-electron chi connectivity index (χ1n) is 5.55. The van der Waals surface area contributed by atoms with Gasteiger partial charge in [-0.05, 0) is 13.8 Å². The van der Waals surface area contributed by atoms with Crippen molar-refractivity contribution in [3.8, 4) is 0 Å². The lowest BCUT2D eigenvalue weighted by molar-refractivity contribution is 0.0842. The molecule has 15 heavy (non-hydrogen) atoms. The van der Waals surface area contributed by atoms with Crippen LogP contribution in [0.3, 0.4) is 0 Å². The molecule has 0 aromatic heterocycles. The van der Waals surface area contributed by atoms with E-state index >= 15 is 0 Å². The fourth-order valence-electron chi connectivity index (χ4n) is 1.47. The van der Waals surface area contributed by atoms with Crippen molar-refractivity contribution in [1.29, 1.82) is 0 Å². The standard InChI is InChI=1S/C10H25N3O2/c1-9(14)7-13(8-10(2)15)6-5-12-4-3-11/h9-10,12,14-15H,3-8,11H2,1-2H3. The molecule has 0 aliphatic heterocycles. The molecule has 0 fully saturated rings. The van der Waals surface area contributed by atoms with Gasteiger partial charge in [-0.25, -0.2) is 0 Å². The molecule has 0 spiro atoms. The Labute approximate surface area is 92.3 Å². The number of hydrogen-bond acceptors (Lipinski definition) is 5. The molecule has 0 radical (unpaired) electrons. The predicted octanol–water partition coefficient (Wildman–Crippen LogP) is -1.40. The number of nitrogens with zero attached hydrogens (tertiary/aromatic N) is 1. The maximum Gasteiger partial charge on any atom is 0.0639 e. The van der Waals surface area contributed by atoms with Gasteiger partial charge in [-0.2, -0.15) is 0 Å². The summed E-state index contributed by atoms with van der Waals surface area (Å²) >= 11 is 0. The van der Waals surface area contributed by atoms with E-state index in [4.69, 9.17) is 5.73 Å². The molecule has 0 aromatic carbocycles. The molecule has 0 aliphatic carbocycles. The van der Waals surface area contributed by atoms with Crippen LogP contribution in [0.1, 0.15) is 13.8 Å². The van der Waals surface area contributed by atoms with Gasteiger partial charge in [0, 0.05) is 39.3 Å². The summed E-state index contributed by atoms with van der Waals surface area (Å²) < 4.78 is 0. The van der Waals surface area contributed by atoms with Gasteiger partial charge in [-0.1, -0.05) is 0 Å². The van der Waals surface area contributed by atoms with Gasteiger partial charge in [0.05, 0.1) is 12.2 Å². The lowest BCUT2D eigenvalue weighted by Crippen LogP contribution is -2.41. The minimum absolute atomic E-state index is 0.363. The van der Waals surface area contributed by atoms with E-state index in [1.807, 2.05) is 4.90 Å². The monoisotopic (exact) mass is 219 g/mol. The van der Waals surface area contributed by atoms with E-state index in [0.29, 0.717) is 19.6 Å². The van der Waals surface area contributed by atoms with Crippen LogP contribution in [0.25, 0.3) is 0 Å². The number of rotatable bonds is 9. The quantitative estimate of drug-likeness (QED) is 0.359. The Morgan fingerprint density at radius 3 is 2.07 bits per heavy atom. The molecule has 92 valence electrons. The Morgan fingerprint density at radius 1 is 1.13 bits per heavy atom. The van der Waals surface area contributed by atoms with E-state index in [-0.39, 0.29) is 12.2 Å². The van der Waals surface area contributed by atoms with Crippen molar-refractivity contribution in [2.45, 2.75) is 26.1 Å². The Bertz CT molecular complexity index is 133. The van der Waals surface area contributed by atoms with Crippen molar-refractivity contribution < 1.29 is 10.2 Å². The topological polar surface area (TPSA) is 81.8 Å². The van der Waals surface area contributed by atoms with Crippen LogP contribution in [0.2, 0.25) is 0 Å². The van der Waals surface area contributed by atoms with Gasteiger partial charge >= 0.3 is 0 Å². The van der Waals surface area contributed by atoms with Crippen LogP contribution in [-0.2, 0) is 0 Å². The second-order valence-corrected chi connectivity index (χ2v) is 4.00. The molecule has 0 aliphatic rings. The summed E-state index contributed by atoms with van der Waals surface area (Å²) in [6, 6.07) is 0. The third-order valence-electron chi connectivity index (χ3n) is 1.97. The van der Waals surface area contributed by atoms with E-state index in [9.17, 15) is 10.2 Å². The average Bonchev–Trinajstić information content (AvgIpc) is 2.10. The van der Waals surface area contributed by atoms with Gasteiger partial charge in [0.15, 0.2) is 0 Å². The molecule has 5 heteroatoms. The predicted molar refractivity (Wildman–Crippen MR) is 61.7 cm³/mol. The lowest BCUT2D eigenvalue weighted by atomic mass is 10.3. The van der Waals surface area contributed by atoms with Crippen molar-refractivity contribution in [1.82, 2.24) is 10.2 Å². The van der Waals surface area contributed by atoms with E-state index in [2.05, 4.69) is 5.32 Å². The van der Waals surface area contributed by atoms with Crippen LogP contribution in [0.4, 0.5) is 0 Å². The number of hydrogen-bond donors (Lipinski definition) is 4. The molecule has 2 unspecified atom stereocenters. The molecule has 5 N–H and O–H groups in total. The fraction of sp³-hybridized carbons (Fsp3) is 1.00. The summed E-state index contributed by atoms with van der Waals surface area (Å²) in [6.45, 7) is 7.77. The molecular weight excluding hydrogens is 194 g/mol. The normalized spacial score (nSPS) is 15.6. The van der Waals surface area contributed by atoms with E-state index in [1.54, 1.807) is 13.8 Å². The largest absolute Gasteiger partial charge is 0.392 e. The summed E-state index contributed by atoms with van der Waals surface area (Å²) in [4.78, 5) is 2.04. The first-order chi connectivity index (χ1) is 7.06. The molecule has 0 rings (SSSR count). The number of aliphatic hydroxyl groups excluding tert-OH is 2. The van der Waals surface area contributed by atoms with Crippen LogP contribution < -0.4 is 11.1 Å². The highest BCUT2D eigenvalue weighted by Gasteiger charge is 2.10. The zero-order valence-electron chi connectivity index (χ0n) is 9.82. The number of nitrogens with two attached hydrogens (primary N) is 1. The smallest absolute Gasteiger partial charge is 0.0639 e. The highest BCUT2D eigenvalue weighted by atomic mass is 16.3. The Morgan fingerprint density at radius 2 is 1.67 bits per heavy atom. The highest BCUT2D eigenvalue weighted by Crippen LogP contribution is 1.94. The van der Waals surface area contributed by atoms with Gasteiger partial charge in [0.1, 0.15) is 0 Å². The maximum atomic E-state index is 9.27. The summed E-state index contributed by atoms with van der Waals surface area (Å²) in [5, 5.41) is 21.7. The number of nitrogens with one attached hydrogen (secondary N) is 1. The minimum Gasteiger partial charge on any atom is -0.392 e. The first kappa shape index (κ1) is 14.8. The third-order valence-corrected chi connectivity index (χ3v) is 1.97. The van der Waals surface area contributed by atoms with Gasteiger partial charge in [0.25, 0.3) is 0 Å². The second-order valence-electron chi connectivity index (χ2n) is 4.00. The summed E-state index contributed by atoms with van der Waals surface area (Å²) in [6.07, 6.45) is -0.725. The van der Waals surface area contributed by atoms with E-state index in [1.165, 1.54) is 0 Å². The Kier molecular flexibility index (Phi) is 8.94. The van der Waals surface area contributed by atoms with Gasteiger partial charge in [-0.3, -0.25) is 4.90 Å². The minimum atomic E-state index is -0.363. The van der Waals surface area contributed by atoms with Crippen molar-refractivity contribution in [3.63, 3.8) is 0 Å². The van der Waals surface area contributed by atoms with Crippen LogP contribution in [0.5, 0.6) is 0 Å². The first-order valence-corrected chi connectivity index (χ1v) is 5.55. The second kappa shape index (κ2) is 9.06. The average molecular weight is 219 g/mol. The molecule has 0 heterocycles. The zero-order chi connectivity index (χ0) is 11.7. The summed E-state index contributed by atoms with van der Waals surface area (Å²) in [7, 11) is 0. The fourth-order valence-corrected chi connectivity index (χ4v) is 1.47. The Balaban J connectivity index is 3.69. The molecule has 0 saturated carbocycles. The van der Waals surface area contributed by atoms with Crippen LogP contribution >= 0.6 is 0 Å². The number of aliphatic hydroxyl groups is 2.